The van der Waals surface area contributed by atoms with Crippen molar-refractivity contribution in [3.05, 3.63) is 41.0 Å². The molecular weight excluding hydrogens is 426 g/mol. The number of amides is 2. The lowest BCUT2D eigenvalue weighted by atomic mass is 9.80. The van der Waals surface area contributed by atoms with E-state index < -0.39 is 24.0 Å². The molecule has 3 aliphatic rings. The molecule has 178 valence electrons. The number of methoxy groups -OCH3 is 1. The Hall–Kier alpha value is -2.91. The predicted octanol–water partition coefficient (Wildman–Crippen LogP) is 2.59. The van der Waals surface area contributed by atoms with E-state index in [0.717, 1.165) is 18.4 Å². The van der Waals surface area contributed by atoms with Crippen LogP contribution in [0.25, 0.3) is 5.57 Å². The van der Waals surface area contributed by atoms with E-state index in [2.05, 4.69) is 36.8 Å². The van der Waals surface area contributed by atoms with Gasteiger partial charge in [0.05, 0.1) is 13.0 Å². The molecule has 4 rings (SSSR count). The van der Waals surface area contributed by atoms with Crippen molar-refractivity contribution in [2.24, 2.45) is 11.3 Å². The van der Waals surface area contributed by atoms with Crippen LogP contribution in [-0.4, -0.2) is 65.9 Å². The molecule has 9 heteroatoms. The number of rotatable bonds is 4. The first kappa shape index (κ1) is 23.3. The van der Waals surface area contributed by atoms with Crippen LogP contribution in [0.3, 0.4) is 0 Å². The van der Waals surface area contributed by atoms with Crippen LogP contribution >= 0.6 is 0 Å². The van der Waals surface area contributed by atoms with Gasteiger partial charge in [0.15, 0.2) is 0 Å². The van der Waals surface area contributed by atoms with Crippen molar-refractivity contribution in [2.75, 3.05) is 26.7 Å². The first-order chi connectivity index (χ1) is 15.7. The molecule has 1 aromatic carbocycles. The van der Waals surface area contributed by atoms with Crippen LogP contribution in [0.2, 0.25) is 0 Å². The van der Waals surface area contributed by atoms with Gasteiger partial charge in [0.2, 0.25) is 11.8 Å². The Morgan fingerprint density at radius 3 is 2.39 bits per heavy atom. The molecule has 2 amide bonds. The molecule has 2 heterocycles. The zero-order valence-corrected chi connectivity index (χ0v) is 19.3. The van der Waals surface area contributed by atoms with Crippen LogP contribution in [0, 0.1) is 25.2 Å². The summed E-state index contributed by atoms with van der Waals surface area (Å²) < 4.78 is 4.63. The summed E-state index contributed by atoms with van der Waals surface area (Å²) >= 11 is 0. The smallest absolute Gasteiger partial charge is 0.436 e. The Balaban J connectivity index is 1.56. The summed E-state index contributed by atoms with van der Waals surface area (Å²) in [6.07, 6.45) is 3.97. The van der Waals surface area contributed by atoms with Gasteiger partial charge >= 0.3 is 6.16 Å². The minimum atomic E-state index is -1.03. The maximum Gasteiger partial charge on any atom is 0.527 e. The lowest BCUT2D eigenvalue weighted by molar-refractivity contribution is -0.203. The first-order valence-corrected chi connectivity index (χ1v) is 11.3. The van der Waals surface area contributed by atoms with Gasteiger partial charge in [0.1, 0.15) is 6.04 Å². The number of hydroxylamine groups is 3. The standard InChI is InChI=1S/C24H31N3O6/c1-15-10-16(2)12-18(11-15)17-4-8-26(9-5-17)22(29)20-19(21(28)25-31)13-24(6-7-24)14-27(20)33-23(30)32-3/h4,10-12,19-20,31H,5-9,13-14H2,1-3H3,(H,25,28)/t19-,20-/m0/s1. The Morgan fingerprint density at radius 1 is 1.15 bits per heavy atom. The minimum absolute atomic E-state index is 0.194. The monoisotopic (exact) mass is 457 g/mol. The molecule has 1 saturated heterocycles. The third kappa shape index (κ3) is 4.89. The number of carbonyl (C=O) groups is 3. The molecule has 33 heavy (non-hydrogen) atoms. The van der Waals surface area contributed by atoms with Gasteiger partial charge in [0, 0.05) is 19.6 Å². The number of benzene rings is 1. The van der Waals surface area contributed by atoms with Crippen molar-refractivity contribution in [3.8, 4) is 0 Å². The number of nitrogens with one attached hydrogen (secondary N) is 1. The molecular formula is C24H31N3O6. The highest BCUT2D eigenvalue weighted by Crippen LogP contribution is 2.55. The lowest BCUT2D eigenvalue weighted by Gasteiger charge is -2.43. The summed E-state index contributed by atoms with van der Waals surface area (Å²) in [5.74, 6) is -1.80. The molecule has 0 aromatic heterocycles. The molecule has 2 aliphatic heterocycles. The molecule has 1 spiro atoms. The Labute approximate surface area is 193 Å². The SMILES string of the molecule is COC(=O)ON1CC2(CC2)C[C@H](C(=O)NO)[C@H]1C(=O)N1CC=C(c2cc(C)cc(C)c2)CC1. The second kappa shape index (κ2) is 9.15. The zero-order valence-electron chi connectivity index (χ0n) is 19.3. The van der Waals surface area contributed by atoms with E-state index >= 15 is 0 Å². The fourth-order valence-electron chi connectivity index (χ4n) is 5.13. The van der Waals surface area contributed by atoms with E-state index in [0.29, 0.717) is 32.5 Å². The van der Waals surface area contributed by atoms with Gasteiger partial charge in [-0.2, -0.15) is 0 Å². The van der Waals surface area contributed by atoms with Gasteiger partial charge in [-0.3, -0.25) is 14.8 Å². The predicted molar refractivity (Wildman–Crippen MR) is 119 cm³/mol. The van der Waals surface area contributed by atoms with Gasteiger partial charge in [-0.15, -0.1) is 5.06 Å². The summed E-state index contributed by atoms with van der Waals surface area (Å²) in [5.41, 5.74) is 6.21. The third-order valence-electron chi connectivity index (χ3n) is 6.96. The number of piperidine rings is 1. The van der Waals surface area contributed by atoms with Crippen LogP contribution in [0.4, 0.5) is 4.79 Å². The highest BCUT2D eigenvalue weighted by atomic mass is 16.8. The number of hydrogen-bond donors (Lipinski definition) is 2. The quantitative estimate of drug-likeness (QED) is 0.406. The van der Waals surface area contributed by atoms with Crippen LogP contribution in [0.1, 0.15) is 42.4 Å². The summed E-state index contributed by atoms with van der Waals surface area (Å²) in [6, 6.07) is 5.37. The Morgan fingerprint density at radius 2 is 1.85 bits per heavy atom. The fourth-order valence-corrected chi connectivity index (χ4v) is 5.13. The van der Waals surface area contributed by atoms with Crippen molar-refractivity contribution in [2.45, 2.75) is 45.6 Å². The average Bonchev–Trinajstić information content (AvgIpc) is 3.55. The largest absolute Gasteiger partial charge is 0.527 e. The molecule has 0 unspecified atom stereocenters. The van der Waals surface area contributed by atoms with Gasteiger partial charge < -0.3 is 14.5 Å². The summed E-state index contributed by atoms with van der Waals surface area (Å²) in [4.78, 5) is 45.0. The molecule has 0 bridgehead atoms. The normalized spacial score (nSPS) is 24.1. The molecule has 2 atom stereocenters. The Kier molecular flexibility index (Phi) is 6.45. The van der Waals surface area contributed by atoms with E-state index in [1.807, 2.05) is 6.08 Å². The summed E-state index contributed by atoms with van der Waals surface area (Å²) in [7, 11) is 1.19. The lowest BCUT2D eigenvalue weighted by Crippen LogP contribution is -2.61. The highest BCUT2D eigenvalue weighted by Gasteiger charge is 2.57. The van der Waals surface area contributed by atoms with E-state index in [-0.39, 0.29) is 11.3 Å². The van der Waals surface area contributed by atoms with Gasteiger partial charge in [-0.05, 0) is 56.1 Å². The van der Waals surface area contributed by atoms with Crippen LogP contribution in [0.5, 0.6) is 0 Å². The molecule has 2 fully saturated rings. The van der Waals surface area contributed by atoms with E-state index in [1.54, 1.807) is 10.4 Å². The van der Waals surface area contributed by atoms with Crippen molar-refractivity contribution in [1.82, 2.24) is 15.4 Å². The van der Waals surface area contributed by atoms with Gasteiger partial charge in [-0.1, -0.05) is 35.4 Å². The maximum atomic E-state index is 13.6. The second-order valence-corrected chi connectivity index (χ2v) is 9.49. The van der Waals surface area contributed by atoms with Gasteiger partial charge in [-0.25, -0.2) is 10.3 Å². The first-order valence-electron chi connectivity index (χ1n) is 11.3. The van der Waals surface area contributed by atoms with Gasteiger partial charge in [0.25, 0.3) is 0 Å². The van der Waals surface area contributed by atoms with Crippen LogP contribution in [-0.2, 0) is 19.2 Å². The van der Waals surface area contributed by atoms with Crippen molar-refractivity contribution in [3.63, 3.8) is 0 Å². The van der Waals surface area contributed by atoms with E-state index in [4.69, 9.17) is 4.84 Å². The average molecular weight is 458 g/mol. The zero-order chi connectivity index (χ0) is 23.8. The van der Waals surface area contributed by atoms with Crippen LogP contribution in [0.15, 0.2) is 24.3 Å². The number of aryl methyl sites for hydroxylation is 2. The summed E-state index contributed by atoms with van der Waals surface area (Å²) in [6.45, 7) is 5.35. The van der Waals surface area contributed by atoms with Crippen molar-refractivity contribution >= 4 is 23.5 Å². The Bertz CT molecular complexity index is 966. The fraction of sp³-hybridized carbons (Fsp3) is 0.542. The second-order valence-electron chi connectivity index (χ2n) is 9.49. The molecule has 1 aliphatic carbocycles. The summed E-state index contributed by atoms with van der Waals surface area (Å²) in [5, 5.41) is 10.6. The van der Waals surface area contributed by atoms with E-state index in [9.17, 15) is 19.6 Å². The molecule has 1 aromatic rings. The maximum absolute atomic E-state index is 13.6. The van der Waals surface area contributed by atoms with Crippen molar-refractivity contribution in [1.29, 1.82) is 0 Å². The highest BCUT2D eigenvalue weighted by molar-refractivity contribution is 5.90. The minimum Gasteiger partial charge on any atom is -0.436 e. The molecule has 2 N–H and O–H groups in total. The van der Waals surface area contributed by atoms with E-state index in [1.165, 1.54) is 28.9 Å². The molecule has 1 saturated carbocycles. The topological polar surface area (TPSA) is 108 Å². The molecule has 0 radical (unpaired) electrons. The van der Waals surface area contributed by atoms with Crippen LogP contribution < -0.4 is 5.48 Å². The van der Waals surface area contributed by atoms with Crippen molar-refractivity contribution < 1.29 is 29.2 Å². The third-order valence-corrected chi connectivity index (χ3v) is 6.96. The number of hydrogen-bond acceptors (Lipinski definition) is 7. The number of nitrogens with zero attached hydrogens (tertiary/aromatic N) is 2. The molecule has 9 nitrogen and oxygen atoms in total. The number of ether oxygens (including phenoxy) is 1. The number of carbonyl (C=O) groups excluding carboxylic acids is 3.